The predicted molar refractivity (Wildman–Crippen MR) is 87.7 cm³/mol. The molecule has 0 amide bonds. The minimum absolute atomic E-state index is 0.324. The molecule has 3 heterocycles. The Bertz CT molecular complexity index is 657. The van der Waals surface area contributed by atoms with Crippen LogP contribution < -0.4 is 4.90 Å². The summed E-state index contributed by atoms with van der Waals surface area (Å²) >= 11 is 0. The first-order chi connectivity index (χ1) is 10.2. The highest BCUT2D eigenvalue weighted by atomic mass is 15.2. The molecule has 2 aliphatic rings. The van der Waals surface area contributed by atoms with Crippen LogP contribution in [0.25, 0.3) is 10.9 Å². The summed E-state index contributed by atoms with van der Waals surface area (Å²) < 4.78 is 0. The number of H-pyrrole nitrogens is 1. The number of nitrogens with one attached hydrogen (secondary N) is 2. The maximum Gasteiger partial charge on any atom is 0.136 e. The molecule has 1 aromatic heterocycles. The number of hydrogen-bond donors (Lipinski definition) is 2. The fraction of sp³-hybridized carbons (Fsp3) is 0.579. The van der Waals surface area contributed by atoms with E-state index in [2.05, 4.69) is 43.1 Å². The van der Waals surface area contributed by atoms with Crippen LogP contribution in [0.4, 0.5) is 0 Å². The van der Waals surface area contributed by atoms with E-state index in [-0.39, 0.29) is 0 Å². The van der Waals surface area contributed by atoms with Gasteiger partial charge in [0.1, 0.15) is 5.54 Å². The SMILES string of the molecule is CCCC[C@H]1C[NH+]2CCc3c([nH]c4ccccc34)[C@@]2(C)C1. The van der Waals surface area contributed by atoms with Gasteiger partial charge in [0.05, 0.1) is 18.8 Å². The van der Waals surface area contributed by atoms with Crippen LogP contribution in [0.3, 0.4) is 0 Å². The number of rotatable bonds is 3. The number of fused-ring (bicyclic) bond motifs is 5. The molecule has 1 fully saturated rings. The minimum Gasteiger partial charge on any atom is -0.353 e. The summed E-state index contributed by atoms with van der Waals surface area (Å²) in [6, 6.07) is 8.86. The van der Waals surface area contributed by atoms with Crippen molar-refractivity contribution in [2.24, 2.45) is 5.92 Å². The van der Waals surface area contributed by atoms with E-state index in [1.54, 1.807) is 11.3 Å². The molecule has 1 unspecified atom stereocenters. The number of quaternary nitrogens is 1. The molecule has 4 rings (SSSR count). The summed E-state index contributed by atoms with van der Waals surface area (Å²) in [4.78, 5) is 5.61. The Balaban J connectivity index is 1.73. The number of hydrogen-bond acceptors (Lipinski definition) is 0. The van der Waals surface area contributed by atoms with Crippen LogP contribution in [-0.4, -0.2) is 18.1 Å². The molecule has 1 saturated heterocycles. The number of aromatic nitrogens is 1. The molecule has 2 nitrogen and oxygen atoms in total. The van der Waals surface area contributed by atoms with Crippen LogP contribution in [-0.2, 0) is 12.0 Å². The molecule has 2 N–H and O–H groups in total. The van der Waals surface area contributed by atoms with Crippen molar-refractivity contribution >= 4 is 10.9 Å². The maximum atomic E-state index is 3.78. The van der Waals surface area contributed by atoms with Gasteiger partial charge in [-0.1, -0.05) is 38.0 Å². The van der Waals surface area contributed by atoms with Gasteiger partial charge in [-0.3, -0.25) is 0 Å². The summed E-state index contributed by atoms with van der Waals surface area (Å²) in [5.74, 6) is 0.919. The second-order valence-electron chi connectivity index (χ2n) is 7.38. The van der Waals surface area contributed by atoms with Gasteiger partial charge < -0.3 is 9.88 Å². The first kappa shape index (κ1) is 13.4. The zero-order chi connectivity index (χ0) is 14.4. The highest BCUT2D eigenvalue weighted by Crippen LogP contribution is 2.38. The standard InChI is InChI=1S/C19H26N2/c1-3-4-7-14-12-19(2)18-16(10-11-21(19)13-14)15-8-5-6-9-17(15)20-18/h5-6,8-9,14,20H,3-4,7,10-13H2,1-2H3/p+1/t14-,19-/m1/s1. The van der Waals surface area contributed by atoms with Crippen molar-refractivity contribution in [3.63, 3.8) is 0 Å². The molecule has 1 aromatic carbocycles. The third-order valence-electron chi connectivity index (χ3n) is 6.02. The van der Waals surface area contributed by atoms with E-state index in [1.165, 1.54) is 56.1 Å². The Morgan fingerprint density at radius 1 is 1.33 bits per heavy atom. The molecular formula is C19H27N2+. The van der Waals surface area contributed by atoms with Crippen molar-refractivity contribution in [1.82, 2.24) is 4.98 Å². The normalized spacial score (nSPS) is 31.3. The molecule has 3 atom stereocenters. The van der Waals surface area contributed by atoms with E-state index in [0.717, 1.165) is 5.92 Å². The average Bonchev–Trinajstić information content (AvgIpc) is 3.03. The van der Waals surface area contributed by atoms with Crippen LogP contribution >= 0.6 is 0 Å². The first-order valence-electron chi connectivity index (χ1n) is 8.67. The molecule has 0 bridgehead atoms. The van der Waals surface area contributed by atoms with Crippen LogP contribution in [0.15, 0.2) is 24.3 Å². The molecule has 2 aromatic rings. The lowest BCUT2D eigenvalue weighted by molar-refractivity contribution is -0.948. The smallest absolute Gasteiger partial charge is 0.136 e. The van der Waals surface area contributed by atoms with Crippen molar-refractivity contribution in [2.75, 3.05) is 13.1 Å². The topological polar surface area (TPSA) is 20.2 Å². The van der Waals surface area contributed by atoms with Gasteiger partial charge >= 0.3 is 0 Å². The van der Waals surface area contributed by atoms with Crippen molar-refractivity contribution in [2.45, 2.75) is 51.5 Å². The zero-order valence-corrected chi connectivity index (χ0v) is 13.3. The van der Waals surface area contributed by atoms with Crippen LogP contribution in [0.2, 0.25) is 0 Å². The van der Waals surface area contributed by atoms with Gasteiger partial charge in [-0.25, -0.2) is 0 Å². The monoisotopic (exact) mass is 283 g/mol. The van der Waals surface area contributed by atoms with Gasteiger partial charge in [-0.2, -0.15) is 0 Å². The van der Waals surface area contributed by atoms with Crippen molar-refractivity contribution in [3.05, 3.63) is 35.5 Å². The minimum atomic E-state index is 0.324. The lowest BCUT2D eigenvalue weighted by Gasteiger charge is -2.36. The second-order valence-corrected chi connectivity index (χ2v) is 7.38. The maximum absolute atomic E-state index is 3.78. The Morgan fingerprint density at radius 3 is 3.05 bits per heavy atom. The molecule has 2 heteroatoms. The Labute approximate surface area is 127 Å². The van der Waals surface area contributed by atoms with E-state index >= 15 is 0 Å². The fourth-order valence-corrected chi connectivity index (χ4v) is 4.93. The summed E-state index contributed by atoms with van der Waals surface area (Å²) in [5, 5.41) is 1.46. The summed E-state index contributed by atoms with van der Waals surface area (Å²) in [7, 11) is 0. The van der Waals surface area contributed by atoms with Crippen molar-refractivity contribution in [1.29, 1.82) is 0 Å². The molecule has 0 saturated carbocycles. The molecular weight excluding hydrogens is 256 g/mol. The third kappa shape index (κ3) is 1.96. The van der Waals surface area contributed by atoms with E-state index in [1.807, 2.05) is 4.90 Å². The zero-order valence-electron chi connectivity index (χ0n) is 13.3. The highest BCUT2D eigenvalue weighted by molar-refractivity contribution is 5.85. The lowest BCUT2D eigenvalue weighted by atomic mass is 9.84. The number of benzene rings is 1. The van der Waals surface area contributed by atoms with Gasteiger partial charge in [-0.05, 0) is 25.0 Å². The third-order valence-corrected chi connectivity index (χ3v) is 6.02. The molecule has 112 valence electrons. The highest BCUT2D eigenvalue weighted by Gasteiger charge is 2.51. The number of aromatic amines is 1. The molecule has 0 aliphatic carbocycles. The van der Waals surface area contributed by atoms with Crippen LogP contribution in [0, 0.1) is 5.92 Å². The van der Waals surface area contributed by atoms with E-state index in [4.69, 9.17) is 0 Å². The van der Waals surface area contributed by atoms with E-state index in [9.17, 15) is 0 Å². The summed E-state index contributed by atoms with van der Waals surface area (Å²) in [6.07, 6.45) is 6.76. The molecule has 21 heavy (non-hydrogen) atoms. The fourth-order valence-electron chi connectivity index (χ4n) is 4.93. The largest absolute Gasteiger partial charge is 0.353 e. The van der Waals surface area contributed by atoms with Crippen molar-refractivity contribution in [3.8, 4) is 0 Å². The summed E-state index contributed by atoms with van der Waals surface area (Å²) in [6.45, 7) is 7.51. The Hall–Kier alpha value is -1.28. The Kier molecular flexibility index (Phi) is 3.11. The summed E-state index contributed by atoms with van der Waals surface area (Å²) in [5.41, 5.74) is 4.81. The average molecular weight is 283 g/mol. The van der Waals surface area contributed by atoms with Gasteiger partial charge in [-0.15, -0.1) is 0 Å². The molecule has 0 radical (unpaired) electrons. The van der Waals surface area contributed by atoms with Gasteiger partial charge in [0, 0.05) is 29.7 Å². The quantitative estimate of drug-likeness (QED) is 0.863. The molecule has 2 aliphatic heterocycles. The number of unbranched alkanes of at least 4 members (excludes halogenated alkanes) is 1. The molecule has 0 spiro atoms. The first-order valence-corrected chi connectivity index (χ1v) is 8.67. The van der Waals surface area contributed by atoms with Crippen LogP contribution in [0.5, 0.6) is 0 Å². The Morgan fingerprint density at radius 2 is 2.19 bits per heavy atom. The van der Waals surface area contributed by atoms with Crippen LogP contribution in [0.1, 0.15) is 50.8 Å². The van der Waals surface area contributed by atoms with E-state index < -0.39 is 0 Å². The van der Waals surface area contributed by atoms with Gasteiger partial charge in [0.2, 0.25) is 0 Å². The van der Waals surface area contributed by atoms with Crippen molar-refractivity contribution < 1.29 is 4.90 Å². The number of para-hydroxylation sites is 1. The van der Waals surface area contributed by atoms with E-state index in [0.29, 0.717) is 5.54 Å². The van der Waals surface area contributed by atoms with Gasteiger partial charge in [0.25, 0.3) is 0 Å². The van der Waals surface area contributed by atoms with Gasteiger partial charge in [0.15, 0.2) is 0 Å². The second kappa shape index (κ2) is 4.88. The lowest BCUT2D eigenvalue weighted by Crippen LogP contribution is -3.17. The predicted octanol–water partition coefficient (Wildman–Crippen LogP) is 3.03.